The Morgan fingerprint density at radius 2 is 1.91 bits per heavy atom. The average Bonchev–Trinajstić information content (AvgIpc) is 2.47. The van der Waals surface area contributed by atoms with Gasteiger partial charge in [-0.05, 0) is 67.1 Å². The van der Waals surface area contributed by atoms with Crippen LogP contribution < -0.4 is 4.74 Å². The molecule has 0 radical (unpaired) electrons. The Kier molecular flexibility index (Phi) is 7.14. The van der Waals surface area contributed by atoms with Crippen LogP contribution in [0.1, 0.15) is 12.8 Å². The molecule has 126 valence electrons. The summed E-state index contributed by atoms with van der Waals surface area (Å²) in [7, 11) is 1.81. The van der Waals surface area contributed by atoms with E-state index in [1.807, 2.05) is 0 Å². The molecule has 0 saturated carbocycles. The largest absolute Gasteiger partial charge is 0.496 e. The lowest BCUT2D eigenvalue weighted by atomic mass is 10.1. The third-order valence-corrected chi connectivity index (χ3v) is 6.53. The van der Waals surface area contributed by atoms with E-state index in [1.54, 1.807) is 32.4 Å². The van der Waals surface area contributed by atoms with E-state index in [4.69, 9.17) is 4.74 Å². The molecule has 2 rings (SSSR count). The minimum absolute atomic E-state index is 0. The molecule has 1 heterocycles. The molecule has 22 heavy (non-hydrogen) atoms. The summed E-state index contributed by atoms with van der Waals surface area (Å²) in [6, 6.07) is 4.91. The van der Waals surface area contributed by atoms with Gasteiger partial charge in [-0.25, -0.2) is 8.42 Å². The first kappa shape index (κ1) is 19.7. The van der Waals surface area contributed by atoms with E-state index in [-0.39, 0.29) is 23.3 Å². The van der Waals surface area contributed by atoms with Crippen LogP contribution in [0.5, 0.6) is 5.75 Å². The molecule has 1 fully saturated rings. The molecule has 1 saturated heterocycles. The second-order valence-corrected chi connectivity index (χ2v) is 8.20. The molecule has 5 nitrogen and oxygen atoms in total. The number of hydrogen-bond acceptors (Lipinski definition) is 4. The summed E-state index contributed by atoms with van der Waals surface area (Å²) in [5.41, 5.74) is 0. The van der Waals surface area contributed by atoms with Crippen molar-refractivity contribution in [2.75, 3.05) is 34.3 Å². The van der Waals surface area contributed by atoms with E-state index in [9.17, 15) is 8.42 Å². The highest BCUT2D eigenvalue weighted by molar-refractivity contribution is 9.10. The van der Waals surface area contributed by atoms with Crippen LogP contribution in [0.2, 0.25) is 0 Å². The maximum absolute atomic E-state index is 12.7. The van der Waals surface area contributed by atoms with Crippen LogP contribution in [-0.4, -0.2) is 58.0 Å². The lowest BCUT2D eigenvalue weighted by Crippen LogP contribution is -2.44. The number of benzene rings is 1. The highest BCUT2D eigenvalue weighted by Gasteiger charge is 2.30. The van der Waals surface area contributed by atoms with Crippen molar-refractivity contribution in [2.24, 2.45) is 0 Å². The molecule has 0 bridgehead atoms. The second-order valence-electron chi connectivity index (χ2n) is 5.35. The van der Waals surface area contributed by atoms with Crippen LogP contribution in [0.4, 0.5) is 0 Å². The Balaban J connectivity index is 0.00000242. The standard InChI is InChI=1S/C14H21BrN2O3S.ClH/c1-16-8-6-11(7-9-16)17(2)21(18,19)12-4-5-14(20-3)13(15)10-12;/h4-5,10-11H,6-9H2,1-3H3;1H. The molecule has 0 amide bonds. The van der Waals surface area contributed by atoms with E-state index in [0.29, 0.717) is 10.2 Å². The molecule has 0 aromatic heterocycles. The highest BCUT2D eigenvalue weighted by Crippen LogP contribution is 2.30. The number of ether oxygens (including phenoxy) is 1. The third-order valence-electron chi connectivity index (χ3n) is 4.00. The fourth-order valence-electron chi connectivity index (χ4n) is 2.53. The lowest BCUT2D eigenvalue weighted by Gasteiger charge is -2.34. The summed E-state index contributed by atoms with van der Waals surface area (Å²) in [5.74, 6) is 0.621. The van der Waals surface area contributed by atoms with Gasteiger partial charge in [0.1, 0.15) is 5.75 Å². The van der Waals surface area contributed by atoms with Crippen LogP contribution >= 0.6 is 28.3 Å². The molecule has 1 aliphatic rings. The smallest absolute Gasteiger partial charge is 0.243 e. The SMILES string of the molecule is COc1ccc(S(=O)(=O)N(C)C2CCN(C)CC2)cc1Br.Cl. The topological polar surface area (TPSA) is 49.9 Å². The molecule has 0 spiro atoms. The van der Waals surface area contributed by atoms with Crippen molar-refractivity contribution in [3.8, 4) is 5.75 Å². The molecular weight excluding hydrogens is 392 g/mol. The van der Waals surface area contributed by atoms with E-state index in [0.717, 1.165) is 25.9 Å². The van der Waals surface area contributed by atoms with Gasteiger partial charge in [-0.2, -0.15) is 4.31 Å². The first-order valence-electron chi connectivity index (χ1n) is 6.86. The molecule has 1 aromatic carbocycles. The average molecular weight is 414 g/mol. The van der Waals surface area contributed by atoms with Gasteiger partial charge in [-0.1, -0.05) is 0 Å². The molecule has 8 heteroatoms. The fraction of sp³-hybridized carbons (Fsp3) is 0.571. The van der Waals surface area contributed by atoms with E-state index < -0.39 is 10.0 Å². The number of nitrogens with zero attached hydrogens (tertiary/aromatic N) is 2. The number of halogens is 2. The zero-order valence-corrected chi connectivity index (χ0v) is 16.2. The van der Waals surface area contributed by atoms with Gasteiger partial charge in [0.2, 0.25) is 10.0 Å². The summed E-state index contributed by atoms with van der Waals surface area (Å²) in [6.07, 6.45) is 1.73. The molecule has 1 aliphatic heterocycles. The summed E-state index contributed by atoms with van der Waals surface area (Å²) in [4.78, 5) is 2.51. The Morgan fingerprint density at radius 1 is 1.32 bits per heavy atom. The summed E-state index contributed by atoms with van der Waals surface area (Å²) >= 11 is 3.34. The van der Waals surface area contributed by atoms with Gasteiger partial charge in [0.15, 0.2) is 0 Å². The van der Waals surface area contributed by atoms with Gasteiger partial charge in [0.25, 0.3) is 0 Å². The second kappa shape index (κ2) is 7.97. The molecular formula is C14H22BrClN2O3S. The normalized spacial score (nSPS) is 17.3. The van der Waals surface area contributed by atoms with Crippen LogP contribution in [0.3, 0.4) is 0 Å². The van der Waals surface area contributed by atoms with Crippen molar-refractivity contribution in [3.63, 3.8) is 0 Å². The van der Waals surface area contributed by atoms with E-state index in [1.165, 1.54) is 4.31 Å². The lowest BCUT2D eigenvalue weighted by molar-refractivity contribution is 0.197. The Hall–Kier alpha value is -0.340. The Morgan fingerprint density at radius 3 is 2.41 bits per heavy atom. The zero-order chi connectivity index (χ0) is 15.6. The van der Waals surface area contributed by atoms with Crippen LogP contribution in [0.25, 0.3) is 0 Å². The Bertz CT molecular complexity index is 604. The minimum atomic E-state index is -3.47. The number of hydrogen-bond donors (Lipinski definition) is 0. The van der Waals surface area contributed by atoms with Crippen molar-refractivity contribution in [2.45, 2.75) is 23.8 Å². The van der Waals surface area contributed by atoms with Gasteiger partial charge in [-0.3, -0.25) is 0 Å². The van der Waals surface area contributed by atoms with Crippen LogP contribution in [0, 0.1) is 0 Å². The Labute approximate surface area is 147 Å². The van der Waals surface area contributed by atoms with Gasteiger partial charge < -0.3 is 9.64 Å². The highest BCUT2D eigenvalue weighted by atomic mass is 79.9. The first-order valence-corrected chi connectivity index (χ1v) is 9.09. The van der Waals surface area contributed by atoms with Gasteiger partial charge in [0, 0.05) is 13.1 Å². The third kappa shape index (κ3) is 4.14. The fourth-order valence-corrected chi connectivity index (χ4v) is 4.66. The molecule has 0 aliphatic carbocycles. The summed E-state index contributed by atoms with van der Waals surface area (Å²) in [5, 5.41) is 0. The molecule has 0 unspecified atom stereocenters. The molecule has 1 aromatic rings. The van der Waals surface area contributed by atoms with Crippen molar-refractivity contribution in [1.82, 2.24) is 9.21 Å². The monoisotopic (exact) mass is 412 g/mol. The number of rotatable bonds is 4. The number of likely N-dealkylation sites (tertiary alicyclic amines) is 1. The van der Waals surface area contributed by atoms with Crippen LogP contribution in [-0.2, 0) is 10.0 Å². The number of methoxy groups -OCH3 is 1. The van der Waals surface area contributed by atoms with E-state index >= 15 is 0 Å². The maximum atomic E-state index is 12.7. The summed E-state index contributed by atoms with van der Waals surface area (Å²) in [6.45, 7) is 1.85. The van der Waals surface area contributed by atoms with Crippen molar-refractivity contribution in [3.05, 3.63) is 22.7 Å². The van der Waals surface area contributed by atoms with Crippen molar-refractivity contribution >= 4 is 38.4 Å². The van der Waals surface area contributed by atoms with Gasteiger partial charge >= 0.3 is 0 Å². The maximum Gasteiger partial charge on any atom is 0.243 e. The minimum Gasteiger partial charge on any atom is -0.496 e. The quantitative estimate of drug-likeness (QED) is 0.761. The van der Waals surface area contributed by atoms with Crippen molar-refractivity contribution < 1.29 is 13.2 Å². The summed E-state index contributed by atoms with van der Waals surface area (Å²) < 4.78 is 32.7. The predicted octanol–water partition coefficient (Wildman–Crippen LogP) is 2.59. The van der Waals surface area contributed by atoms with Crippen LogP contribution in [0.15, 0.2) is 27.6 Å². The van der Waals surface area contributed by atoms with Crippen molar-refractivity contribution in [1.29, 1.82) is 0 Å². The predicted molar refractivity (Wildman–Crippen MR) is 93.4 cm³/mol. The molecule has 0 atom stereocenters. The molecule has 0 N–H and O–H groups in total. The van der Waals surface area contributed by atoms with E-state index in [2.05, 4.69) is 27.9 Å². The first-order chi connectivity index (χ1) is 9.86. The zero-order valence-electron chi connectivity index (χ0n) is 13.0. The number of piperidine rings is 1. The van der Waals surface area contributed by atoms with Gasteiger partial charge in [-0.15, -0.1) is 12.4 Å². The number of sulfonamides is 1. The van der Waals surface area contributed by atoms with Gasteiger partial charge in [0.05, 0.1) is 16.5 Å².